The number of nitrogens with two attached hydrogens (primary N) is 1. The van der Waals surface area contributed by atoms with Crippen molar-refractivity contribution in [3.05, 3.63) is 0 Å². The van der Waals surface area contributed by atoms with Gasteiger partial charge in [-0.25, -0.2) is 0 Å². The first-order chi connectivity index (χ1) is 7.19. The smallest absolute Gasteiger partial charge is 0.223 e. The van der Waals surface area contributed by atoms with Gasteiger partial charge in [0.25, 0.3) is 0 Å². The lowest BCUT2D eigenvalue weighted by atomic mass is 9.90. The summed E-state index contributed by atoms with van der Waals surface area (Å²) in [5.74, 6) is 1.73. The second kappa shape index (κ2) is 6.38. The third-order valence-electron chi connectivity index (χ3n) is 3.19. The first kappa shape index (κ1) is 12.8. The normalized spacial score (nSPS) is 26.7. The molecular weight excluding hydrogens is 208 g/mol. The summed E-state index contributed by atoms with van der Waals surface area (Å²) < 4.78 is 0. The number of hydrogen-bond donors (Lipinski definition) is 1. The molecule has 1 rings (SSSR count). The lowest BCUT2D eigenvalue weighted by molar-refractivity contribution is -0.132. The fraction of sp³-hybridized carbons (Fsp3) is 0.909. The molecule has 0 aliphatic carbocycles. The highest BCUT2D eigenvalue weighted by atomic mass is 32.2. The summed E-state index contributed by atoms with van der Waals surface area (Å²) in [4.78, 5) is 13.8. The van der Waals surface area contributed by atoms with Crippen molar-refractivity contribution in [2.24, 2.45) is 11.7 Å². The highest BCUT2D eigenvalue weighted by molar-refractivity contribution is 7.98. The molecule has 1 amide bonds. The number of rotatable bonds is 4. The zero-order chi connectivity index (χ0) is 11.3. The predicted octanol–water partition coefficient (Wildman–Crippen LogP) is 1.33. The molecular formula is C11H22N2OS. The van der Waals surface area contributed by atoms with E-state index in [2.05, 4.69) is 6.92 Å². The van der Waals surface area contributed by atoms with Gasteiger partial charge in [0.2, 0.25) is 5.91 Å². The van der Waals surface area contributed by atoms with E-state index in [0.29, 0.717) is 24.3 Å². The summed E-state index contributed by atoms with van der Waals surface area (Å²) >= 11 is 1.73. The average Bonchev–Trinajstić information content (AvgIpc) is 2.26. The van der Waals surface area contributed by atoms with E-state index in [-0.39, 0.29) is 0 Å². The summed E-state index contributed by atoms with van der Waals surface area (Å²) in [6, 6.07) is 0.291. The van der Waals surface area contributed by atoms with Crippen LogP contribution in [-0.2, 0) is 4.79 Å². The van der Waals surface area contributed by atoms with E-state index in [1.165, 1.54) is 0 Å². The third-order valence-corrected chi connectivity index (χ3v) is 3.80. The predicted molar refractivity (Wildman–Crippen MR) is 66.0 cm³/mol. The first-order valence-electron chi connectivity index (χ1n) is 5.71. The minimum atomic E-state index is 0.291. The second-order valence-electron chi connectivity index (χ2n) is 4.20. The van der Waals surface area contributed by atoms with Crippen molar-refractivity contribution in [2.45, 2.75) is 32.2 Å². The monoisotopic (exact) mass is 230 g/mol. The van der Waals surface area contributed by atoms with E-state index in [1.807, 2.05) is 11.2 Å². The van der Waals surface area contributed by atoms with Gasteiger partial charge in [0, 0.05) is 31.3 Å². The number of piperidine rings is 1. The van der Waals surface area contributed by atoms with Crippen molar-refractivity contribution in [2.75, 3.05) is 25.1 Å². The minimum Gasteiger partial charge on any atom is -0.342 e. The third kappa shape index (κ3) is 3.68. The van der Waals surface area contributed by atoms with Gasteiger partial charge in [-0.05, 0) is 18.6 Å². The molecule has 2 N–H and O–H groups in total. The highest BCUT2D eigenvalue weighted by Crippen LogP contribution is 2.19. The van der Waals surface area contributed by atoms with Gasteiger partial charge in [-0.3, -0.25) is 4.79 Å². The van der Waals surface area contributed by atoms with Gasteiger partial charge in [0.15, 0.2) is 0 Å². The Labute approximate surface area is 96.8 Å². The van der Waals surface area contributed by atoms with Crippen molar-refractivity contribution >= 4 is 17.7 Å². The molecule has 1 heterocycles. The van der Waals surface area contributed by atoms with Crippen LogP contribution in [0.3, 0.4) is 0 Å². The summed E-state index contributed by atoms with van der Waals surface area (Å²) in [7, 11) is 0. The van der Waals surface area contributed by atoms with Crippen LogP contribution in [0.15, 0.2) is 0 Å². The Morgan fingerprint density at radius 3 is 2.93 bits per heavy atom. The minimum absolute atomic E-state index is 0.291. The lowest BCUT2D eigenvalue weighted by Gasteiger charge is -2.36. The lowest BCUT2D eigenvalue weighted by Crippen LogP contribution is -2.49. The van der Waals surface area contributed by atoms with Crippen molar-refractivity contribution in [3.8, 4) is 0 Å². The Morgan fingerprint density at radius 1 is 1.60 bits per heavy atom. The van der Waals surface area contributed by atoms with Gasteiger partial charge < -0.3 is 10.6 Å². The van der Waals surface area contributed by atoms with Crippen LogP contribution in [0.4, 0.5) is 0 Å². The summed E-state index contributed by atoms with van der Waals surface area (Å²) in [5, 5.41) is 0. The first-order valence-corrected chi connectivity index (χ1v) is 7.10. The van der Waals surface area contributed by atoms with Crippen LogP contribution in [0.2, 0.25) is 0 Å². The molecule has 2 unspecified atom stereocenters. The molecule has 4 heteroatoms. The zero-order valence-electron chi connectivity index (χ0n) is 9.74. The molecule has 0 radical (unpaired) electrons. The number of carbonyl (C=O) groups excluding carboxylic acids is 1. The van der Waals surface area contributed by atoms with E-state index < -0.39 is 0 Å². The van der Waals surface area contributed by atoms with Crippen molar-refractivity contribution in [3.63, 3.8) is 0 Å². The Morgan fingerprint density at radius 2 is 2.33 bits per heavy atom. The van der Waals surface area contributed by atoms with Gasteiger partial charge in [-0.2, -0.15) is 11.8 Å². The summed E-state index contributed by atoms with van der Waals surface area (Å²) in [6.07, 6.45) is 4.75. The molecule has 0 saturated carbocycles. The number of carbonyl (C=O) groups is 1. The van der Waals surface area contributed by atoms with Gasteiger partial charge in [0.1, 0.15) is 0 Å². The number of hydrogen-bond acceptors (Lipinski definition) is 3. The molecule has 15 heavy (non-hydrogen) atoms. The van der Waals surface area contributed by atoms with E-state index in [4.69, 9.17) is 5.73 Å². The number of amides is 1. The largest absolute Gasteiger partial charge is 0.342 e. The van der Waals surface area contributed by atoms with Crippen LogP contribution in [0.5, 0.6) is 0 Å². The van der Waals surface area contributed by atoms with Crippen molar-refractivity contribution < 1.29 is 4.79 Å². The number of likely N-dealkylation sites (tertiary alicyclic amines) is 1. The Kier molecular flexibility index (Phi) is 5.47. The van der Waals surface area contributed by atoms with Gasteiger partial charge in [-0.15, -0.1) is 0 Å². The Hall–Kier alpha value is -0.220. The number of nitrogens with zero attached hydrogens (tertiary/aromatic N) is 1. The molecule has 0 aromatic rings. The van der Waals surface area contributed by atoms with E-state index in [1.54, 1.807) is 11.8 Å². The molecule has 0 aromatic heterocycles. The molecule has 1 fully saturated rings. The average molecular weight is 230 g/mol. The second-order valence-corrected chi connectivity index (χ2v) is 5.19. The zero-order valence-corrected chi connectivity index (χ0v) is 10.6. The molecule has 1 saturated heterocycles. The molecule has 1 aliphatic heterocycles. The van der Waals surface area contributed by atoms with Crippen molar-refractivity contribution in [1.82, 2.24) is 4.90 Å². The maximum atomic E-state index is 11.8. The van der Waals surface area contributed by atoms with Gasteiger partial charge in [-0.1, -0.05) is 13.3 Å². The van der Waals surface area contributed by atoms with E-state index >= 15 is 0 Å². The Balaban J connectivity index is 2.40. The molecule has 88 valence electrons. The Bertz CT molecular complexity index is 211. The van der Waals surface area contributed by atoms with E-state index in [0.717, 1.165) is 31.7 Å². The topological polar surface area (TPSA) is 46.3 Å². The fourth-order valence-electron chi connectivity index (χ4n) is 2.06. The van der Waals surface area contributed by atoms with Crippen LogP contribution < -0.4 is 5.73 Å². The highest BCUT2D eigenvalue weighted by Gasteiger charge is 2.27. The number of thioether (sulfide) groups is 1. The fourth-order valence-corrected chi connectivity index (χ4v) is 2.43. The van der Waals surface area contributed by atoms with Crippen LogP contribution in [-0.4, -0.2) is 41.9 Å². The van der Waals surface area contributed by atoms with Gasteiger partial charge in [0.05, 0.1) is 0 Å². The molecule has 0 aromatic carbocycles. The van der Waals surface area contributed by atoms with Crippen molar-refractivity contribution in [1.29, 1.82) is 0 Å². The summed E-state index contributed by atoms with van der Waals surface area (Å²) in [5.41, 5.74) is 6.01. The molecule has 2 atom stereocenters. The standard InChI is InChI=1S/C11H22N2OS/c1-3-9-8-13(6-4-10(9)12)11(14)5-7-15-2/h9-10H,3-8,12H2,1-2H3. The van der Waals surface area contributed by atoms with Crippen LogP contribution in [0, 0.1) is 5.92 Å². The summed E-state index contributed by atoms with van der Waals surface area (Å²) in [6.45, 7) is 3.87. The molecule has 0 spiro atoms. The molecule has 3 nitrogen and oxygen atoms in total. The van der Waals surface area contributed by atoms with Crippen LogP contribution in [0.25, 0.3) is 0 Å². The van der Waals surface area contributed by atoms with E-state index in [9.17, 15) is 4.79 Å². The van der Waals surface area contributed by atoms with Crippen LogP contribution in [0.1, 0.15) is 26.2 Å². The quantitative estimate of drug-likeness (QED) is 0.792. The van der Waals surface area contributed by atoms with Crippen LogP contribution >= 0.6 is 11.8 Å². The maximum Gasteiger partial charge on any atom is 0.223 e. The van der Waals surface area contributed by atoms with Gasteiger partial charge >= 0.3 is 0 Å². The molecule has 1 aliphatic rings. The SMILES string of the molecule is CCC1CN(C(=O)CCSC)CCC1N. The molecule has 0 bridgehead atoms. The maximum absolute atomic E-state index is 11.8.